The lowest BCUT2D eigenvalue weighted by Gasteiger charge is -2.23. The first-order chi connectivity index (χ1) is 9.63. The highest BCUT2D eigenvalue weighted by Gasteiger charge is 2.16. The maximum Gasteiger partial charge on any atom is 0.316 e. The lowest BCUT2D eigenvalue weighted by atomic mass is 10.2. The Morgan fingerprint density at radius 3 is 2.75 bits per heavy atom. The average Bonchev–Trinajstić information content (AvgIpc) is 2.39. The van der Waals surface area contributed by atoms with Crippen LogP contribution in [0.25, 0.3) is 0 Å². The van der Waals surface area contributed by atoms with Crippen molar-refractivity contribution in [1.29, 1.82) is 0 Å². The van der Waals surface area contributed by atoms with Crippen molar-refractivity contribution >= 4 is 23.3 Å². The molecule has 1 unspecified atom stereocenters. The standard InChI is InChI=1S/C13H18N4O3/c14-13(19)17-10-3-1-2-9(6-10)16-12(18)7-11-8-20-5-4-15-11/h1-3,6,11,15H,4-5,7-8H2,(H,16,18)(H3,14,17,19). The first-order valence-electron chi connectivity index (χ1n) is 6.41. The van der Waals surface area contributed by atoms with Gasteiger partial charge in [-0.2, -0.15) is 0 Å². The molecule has 1 heterocycles. The van der Waals surface area contributed by atoms with Gasteiger partial charge in [-0.1, -0.05) is 6.07 Å². The SMILES string of the molecule is NC(=O)Nc1cccc(NC(=O)CC2COCCN2)c1. The van der Waals surface area contributed by atoms with E-state index in [4.69, 9.17) is 10.5 Å². The van der Waals surface area contributed by atoms with E-state index in [-0.39, 0.29) is 11.9 Å². The first-order valence-corrected chi connectivity index (χ1v) is 6.41. The predicted octanol–water partition coefficient (Wildman–Crippen LogP) is 0.494. The van der Waals surface area contributed by atoms with Crippen molar-refractivity contribution in [3.63, 3.8) is 0 Å². The zero-order valence-electron chi connectivity index (χ0n) is 11.0. The number of morpholine rings is 1. The van der Waals surface area contributed by atoms with E-state index in [2.05, 4.69) is 16.0 Å². The second kappa shape index (κ2) is 6.88. The van der Waals surface area contributed by atoms with Gasteiger partial charge in [0.05, 0.1) is 13.2 Å². The number of hydrogen-bond donors (Lipinski definition) is 4. The largest absolute Gasteiger partial charge is 0.378 e. The van der Waals surface area contributed by atoms with Gasteiger partial charge < -0.3 is 26.4 Å². The average molecular weight is 278 g/mol. The summed E-state index contributed by atoms with van der Waals surface area (Å²) >= 11 is 0. The molecule has 1 atom stereocenters. The lowest BCUT2D eigenvalue weighted by molar-refractivity contribution is -0.117. The van der Waals surface area contributed by atoms with E-state index >= 15 is 0 Å². The predicted molar refractivity (Wildman–Crippen MR) is 75.5 cm³/mol. The Labute approximate surface area is 116 Å². The van der Waals surface area contributed by atoms with Crippen LogP contribution in [0.15, 0.2) is 24.3 Å². The summed E-state index contributed by atoms with van der Waals surface area (Å²) in [5.74, 6) is -0.107. The van der Waals surface area contributed by atoms with Gasteiger partial charge in [0.1, 0.15) is 0 Å². The van der Waals surface area contributed by atoms with Gasteiger partial charge in [-0.3, -0.25) is 4.79 Å². The smallest absolute Gasteiger partial charge is 0.316 e. The third kappa shape index (κ3) is 4.52. The summed E-state index contributed by atoms with van der Waals surface area (Å²) in [6.07, 6.45) is 0.341. The van der Waals surface area contributed by atoms with Crippen LogP contribution in [0.5, 0.6) is 0 Å². The number of nitrogens with one attached hydrogen (secondary N) is 3. The summed E-state index contributed by atoms with van der Waals surface area (Å²) in [5.41, 5.74) is 6.19. The van der Waals surface area contributed by atoms with Gasteiger partial charge in [-0.15, -0.1) is 0 Å². The Hall–Kier alpha value is -2.12. The Bertz CT molecular complexity index is 486. The summed E-state index contributed by atoms with van der Waals surface area (Å²) in [6.45, 7) is 1.98. The molecule has 5 N–H and O–H groups in total. The van der Waals surface area contributed by atoms with Crippen LogP contribution < -0.4 is 21.7 Å². The fourth-order valence-electron chi connectivity index (χ4n) is 2.00. The van der Waals surface area contributed by atoms with Gasteiger partial charge in [0.2, 0.25) is 5.91 Å². The number of primary amides is 1. The number of benzene rings is 1. The molecule has 2 rings (SSSR count). The molecule has 108 valence electrons. The number of anilines is 2. The monoisotopic (exact) mass is 278 g/mol. The van der Waals surface area contributed by atoms with Crippen molar-refractivity contribution in [2.75, 3.05) is 30.4 Å². The summed E-state index contributed by atoms with van der Waals surface area (Å²) in [5, 5.41) is 8.45. The van der Waals surface area contributed by atoms with Crippen LogP contribution >= 0.6 is 0 Å². The van der Waals surface area contributed by atoms with Crippen molar-refractivity contribution in [3.05, 3.63) is 24.3 Å². The highest BCUT2D eigenvalue weighted by molar-refractivity contribution is 5.93. The normalized spacial score (nSPS) is 18.3. The zero-order chi connectivity index (χ0) is 14.4. The van der Waals surface area contributed by atoms with E-state index in [1.165, 1.54) is 0 Å². The molecule has 7 nitrogen and oxygen atoms in total. The molecule has 1 aliphatic heterocycles. The van der Waals surface area contributed by atoms with Crippen molar-refractivity contribution < 1.29 is 14.3 Å². The number of hydrogen-bond acceptors (Lipinski definition) is 4. The van der Waals surface area contributed by atoms with E-state index in [0.29, 0.717) is 31.0 Å². The molecule has 20 heavy (non-hydrogen) atoms. The molecule has 0 spiro atoms. The molecule has 0 bridgehead atoms. The summed E-state index contributed by atoms with van der Waals surface area (Å²) in [7, 11) is 0. The fourth-order valence-corrected chi connectivity index (χ4v) is 2.00. The molecule has 1 aromatic rings. The van der Waals surface area contributed by atoms with Gasteiger partial charge in [-0.25, -0.2) is 4.79 Å². The van der Waals surface area contributed by atoms with Crippen molar-refractivity contribution in [3.8, 4) is 0 Å². The molecule has 0 saturated carbocycles. The summed E-state index contributed by atoms with van der Waals surface area (Å²) in [4.78, 5) is 22.7. The molecule has 3 amide bonds. The van der Waals surface area contributed by atoms with Crippen LogP contribution in [0, 0.1) is 0 Å². The molecule has 0 radical (unpaired) electrons. The topological polar surface area (TPSA) is 105 Å². The van der Waals surface area contributed by atoms with E-state index in [0.717, 1.165) is 6.54 Å². The quantitative estimate of drug-likeness (QED) is 0.643. The van der Waals surface area contributed by atoms with Gasteiger partial charge in [0, 0.05) is 30.4 Å². The highest BCUT2D eigenvalue weighted by atomic mass is 16.5. The second-order valence-corrected chi connectivity index (χ2v) is 4.55. The maximum absolute atomic E-state index is 11.9. The Kier molecular flexibility index (Phi) is 4.91. The molecular formula is C13H18N4O3. The number of nitrogens with two attached hydrogens (primary N) is 1. The van der Waals surface area contributed by atoms with E-state index in [9.17, 15) is 9.59 Å². The minimum Gasteiger partial charge on any atom is -0.378 e. The van der Waals surface area contributed by atoms with E-state index in [1.807, 2.05) is 0 Å². The van der Waals surface area contributed by atoms with Crippen molar-refractivity contribution in [2.24, 2.45) is 5.73 Å². The number of carbonyl (C=O) groups is 2. The number of urea groups is 1. The molecule has 1 aliphatic rings. The maximum atomic E-state index is 11.9. The van der Waals surface area contributed by atoms with Crippen LogP contribution in [-0.2, 0) is 9.53 Å². The number of amides is 3. The van der Waals surface area contributed by atoms with Gasteiger partial charge in [-0.05, 0) is 18.2 Å². The second-order valence-electron chi connectivity index (χ2n) is 4.55. The van der Waals surface area contributed by atoms with Crippen molar-refractivity contribution in [2.45, 2.75) is 12.5 Å². The first kappa shape index (κ1) is 14.3. The van der Waals surface area contributed by atoms with Crippen LogP contribution in [-0.4, -0.2) is 37.7 Å². The van der Waals surface area contributed by atoms with Crippen LogP contribution in [0.3, 0.4) is 0 Å². The molecule has 0 aromatic heterocycles. The van der Waals surface area contributed by atoms with Crippen LogP contribution in [0.2, 0.25) is 0 Å². The zero-order valence-corrected chi connectivity index (χ0v) is 11.0. The van der Waals surface area contributed by atoms with Gasteiger partial charge in [0.15, 0.2) is 0 Å². The Morgan fingerprint density at radius 1 is 1.35 bits per heavy atom. The Morgan fingerprint density at radius 2 is 2.10 bits per heavy atom. The third-order valence-electron chi connectivity index (χ3n) is 2.84. The van der Waals surface area contributed by atoms with Crippen LogP contribution in [0.1, 0.15) is 6.42 Å². The lowest BCUT2D eigenvalue weighted by Crippen LogP contribution is -2.43. The third-order valence-corrected chi connectivity index (χ3v) is 2.84. The molecular weight excluding hydrogens is 260 g/mol. The number of carbonyl (C=O) groups excluding carboxylic acids is 2. The van der Waals surface area contributed by atoms with E-state index < -0.39 is 6.03 Å². The summed E-state index contributed by atoms with van der Waals surface area (Å²) < 4.78 is 5.29. The number of rotatable bonds is 4. The van der Waals surface area contributed by atoms with Crippen molar-refractivity contribution in [1.82, 2.24) is 5.32 Å². The van der Waals surface area contributed by atoms with Crippen LogP contribution in [0.4, 0.5) is 16.2 Å². The molecule has 7 heteroatoms. The van der Waals surface area contributed by atoms with Gasteiger partial charge >= 0.3 is 6.03 Å². The fraction of sp³-hybridized carbons (Fsp3) is 0.385. The molecule has 1 aromatic carbocycles. The Balaban J connectivity index is 1.88. The minimum atomic E-state index is -0.642. The minimum absolute atomic E-state index is 0.0377. The number of ether oxygens (including phenoxy) is 1. The van der Waals surface area contributed by atoms with E-state index in [1.54, 1.807) is 24.3 Å². The molecule has 1 saturated heterocycles. The summed E-state index contributed by atoms with van der Waals surface area (Å²) in [6, 6.07) is 6.20. The molecule has 0 aliphatic carbocycles. The molecule has 1 fully saturated rings. The highest BCUT2D eigenvalue weighted by Crippen LogP contribution is 2.15. The van der Waals surface area contributed by atoms with Gasteiger partial charge in [0.25, 0.3) is 0 Å².